The first-order valence-electron chi connectivity index (χ1n) is 6.21. The molecule has 1 aromatic rings. The van der Waals surface area contributed by atoms with E-state index in [1.807, 2.05) is 18.2 Å². The van der Waals surface area contributed by atoms with Gasteiger partial charge in [0.05, 0.1) is 15.0 Å². The Morgan fingerprint density at radius 1 is 1.29 bits per heavy atom. The first-order valence-corrected chi connectivity index (χ1v) is 8.88. The molecule has 0 saturated carbocycles. The fourth-order valence-corrected chi connectivity index (χ4v) is 4.28. The zero-order valence-corrected chi connectivity index (χ0v) is 15.9. The molecule has 2 atom stereocenters. The van der Waals surface area contributed by atoms with E-state index in [0.29, 0.717) is 8.95 Å². The second-order valence-corrected chi connectivity index (χ2v) is 7.82. The fraction of sp³-hybridized carbons (Fsp3) is 0.133. The maximum Gasteiger partial charge on any atom is 0.248 e. The minimum atomic E-state index is -0.0441. The molecule has 108 valence electrons. The highest BCUT2D eigenvalue weighted by atomic mass is 127. The molecule has 1 aliphatic carbocycles. The van der Waals surface area contributed by atoms with Crippen molar-refractivity contribution in [2.45, 2.75) is 6.04 Å². The smallest absolute Gasteiger partial charge is 0.248 e. The third-order valence-corrected chi connectivity index (χ3v) is 5.40. The van der Waals surface area contributed by atoms with E-state index in [4.69, 9.17) is 0 Å². The lowest BCUT2D eigenvalue weighted by atomic mass is 9.91. The molecular weight excluding hydrogens is 513 g/mol. The molecule has 0 radical (unpaired) electrons. The number of aromatic hydroxyl groups is 1. The van der Waals surface area contributed by atoms with Crippen LogP contribution in [0.25, 0.3) is 6.08 Å². The number of carbonyl (C=O) groups excluding carboxylic acids is 1. The highest BCUT2D eigenvalue weighted by Crippen LogP contribution is 2.36. The Bertz CT molecular complexity index is 701. The van der Waals surface area contributed by atoms with Gasteiger partial charge in [-0.15, -0.1) is 0 Å². The zero-order chi connectivity index (χ0) is 15.1. The van der Waals surface area contributed by atoms with E-state index in [-0.39, 0.29) is 23.6 Å². The lowest BCUT2D eigenvalue weighted by molar-refractivity contribution is -0.116. The molecule has 1 heterocycles. The minimum absolute atomic E-state index is 0.0336. The first-order chi connectivity index (χ1) is 9.95. The molecule has 2 unspecified atom stereocenters. The number of benzene rings is 1. The molecule has 1 aromatic carbocycles. The number of allylic oxidation sites excluding steroid dienone is 2. The second-order valence-electron chi connectivity index (χ2n) is 4.87. The Hall–Kier alpha value is -0.600. The van der Waals surface area contributed by atoms with Crippen molar-refractivity contribution >= 4 is 66.4 Å². The SMILES string of the molecule is O=C1NC2C=CC(I)=CC2/C1=C\c1cc(Br)c(O)c(Br)c1. The molecule has 1 amide bonds. The molecule has 6 heteroatoms. The predicted octanol–water partition coefficient (Wildman–Crippen LogP) is 4.30. The van der Waals surface area contributed by atoms with Gasteiger partial charge in [-0.05, 0) is 78.2 Å². The predicted molar refractivity (Wildman–Crippen MR) is 98.1 cm³/mol. The molecule has 3 nitrogen and oxygen atoms in total. The summed E-state index contributed by atoms with van der Waals surface area (Å²) in [5.74, 6) is 0.166. The molecule has 0 spiro atoms. The Balaban J connectivity index is 2.03. The first kappa shape index (κ1) is 15.3. The molecule has 2 aliphatic rings. The molecule has 0 aromatic heterocycles. The van der Waals surface area contributed by atoms with Crippen LogP contribution < -0.4 is 5.32 Å². The summed E-state index contributed by atoms with van der Waals surface area (Å²) in [6.45, 7) is 0. The van der Waals surface area contributed by atoms with Crippen LogP contribution in [0.2, 0.25) is 0 Å². The zero-order valence-electron chi connectivity index (χ0n) is 10.6. The quantitative estimate of drug-likeness (QED) is 0.427. The van der Waals surface area contributed by atoms with Gasteiger partial charge in [0.15, 0.2) is 0 Å². The molecule has 0 bridgehead atoms. The lowest BCUT2D eigenvalue weighted by Crippen LogP contribution is -2.27. The number of amides is 1. The Morgan fingerprint density at radius 2 is 1.95 bits per heavy atom. The number of hydrogen-bond acceptors (Lipinski definition) is 2. The van der Waals surface area contributed by atoms with Crippen LogP contribution in [0.4, 0.5) is 0 Å². The standard InChI is InChI=1S/C15H10Br2INO2/c16-11-4-7(5-12(17)14(11)20)3-10-9-6-8(18)1-2-13(9)19-15(10)21/h1-6,9,13,20H,(H,19,21)/b10-3+. The summed E-state index contributed by atoms with van der Waals surface area (Å²) in [4.78, 5) is 12.2. The highest BCUT2D eigenvalue weighted by molar-refractivity contribution is 14.1. The number of nitrogens with one attached hydrogen (secondary N) is 1. The van der Waals surface area contributed by atoms with E-state index in [1.54, 1.807) is 12.1 Å². The van der Waals surface area contributed by atoms with Crippen LogP contribution in [-0.2, 0) is 4.79 Å². The third-order valence-electron chi connectivity index (χ3n) is 3.47. The fourth-order valence-electron chi connectivity index (χ4n) is 2.46. The van der Waals surface area contributed by atoms with E-state index in [9.17, 15) is 9.90 Å². The van der Waals surface area contributed by atoms with Gasteiger partial charge in [0, 0.05) is 15.1 Å². The summed E-state index contributed by atoms with van der Waals surface area (Å²) < 4.78 is 2.31. The van der Waals surface area contributed by atoms with Crippen molar-refractivity contribution in [3.8, 4) is 5.75 Å². The maximum absolute atomic E-state index is 12.2. The third kappa shape index (κ3) is 2.98. The van der Waals surface area contributed by atoms with Gasteiger partial charge in [-0.25, -0.2) is 0 Å². The number of fused-ring (bicyclic) bond motifs is 1. The number of hydrogen-bond donors (Lipinski definition) is 2. The highest BCUT2D eigenvalue weighted by Gasteiger charge is 2.35. The van der Waals surface area contributed by atoms with Gasteiger partial charge in [0.1, 0.15) is 5.75 Å². The molecule has 2 N–H and O–H groups in total. The van der Waals surface area contributed by atoms with E-state index in [2.05, 4.69) is 65.8 Å². The van der Waals surface area contributed by atoms with Crippen molar-refractivity contribution in [1.82, 2.24) is 5.32 Å². The number of carbonyl (C=O) groups is 1. The largest absolute Gasteiger partial charge is 0.506 e. The van der Waals surface area contributed by atoms with Crippen LogP contribution in [-0.4, -0.2) is 17.1 Å². The topological polar surface area (TPSA) is 49.3 Å². The Labute approximate surface area is 152 Å². The van der Waals surface area contributed by atoms with Gasteiger partial charge in [-0.1, -0.05) is 18.2 Å². The van der Waals surface area contributed by atoms with Gasteiger partial charge >= 0.3 is 0 Å². The average molecular weight is 523 g/mol. The molecule has 3 rings (SSSR count). The lowest BCUT2D eigenvalue weighted by Gasteiger charge is -2.16. The summed E-state index contributed by atoms with van der Waals surface area (Å²) in [7, 11) is 0. The van der Waals surface area contributed by atoms with Gasteiger partial charge in [-0.2, -0.15) is 0 Å². The van der Waals surface area contributed by atoms with Crippen molar-refractivity contribution in [1.29, 1.82) is 0 Å². The maximum atomic E-state index is 12.2. The second kappa shape index (κ2) is 5.89. The molecule has 1 fully saturated rings. The summed E-state index contributed by atoms with van der Waals surface area (Å²) in [5, 5.41) is 12.7. The summed E-state index contributed by atoms with van der Waals surface area (Å²) in [6, 6.07) is 3.62. The average Bonchev–Trinajstić information content (AvgIpc) is 2.72. The van der Waals surface area contributed by atoms with Crippen LogP contribution in [0.5, 0.6) is 5.75 Å². The van der Waals surface area contributed by atoms with Crippen LogP contribution in [0.1, 0.15) is 5.56 Å². The summed E-state index contributed by atoms with van der Waals surface area (Å²) in [5.41, 5.74) is 1.60. The van der Waals surface area contributed by atoms with Gasteiger partial charge in [-0.3, -0.25) is 4.79 Å². The van der Waals surface area contributed by atoms with Crippen molar-refractivity contribution in [2.24, 2.45) is 5.92 Å². The monoisotopic (exact) mass is 521 g/mol. The molecule has 1 saturated heterocycles. The van der Waals surface area contributed by atoms with Crippen molar-refractivity contribution in [2.75, 3.05) is 0 Å². The summed E-state index contributed by atoms with van der Waals surface area (Å²) >= 11 is 8.87. The summed E-state index contributed by atoms with van der Waals surface area (Å²) in [6.07, 6.45) is 8.00. The van der Waals surface area contributed by atoms with Gasteiger partial charge < -0.3 is 10.4 Å². The number of phenolic OH excluding ortho intramolecular Hbond substituents is 1. The normalized spacial score (nSPS) is 25.8. The van der Waals surface area contributed by atoms with Crippen molar-refractivity contribution in [3.05, 3.63) is 54.0 Å². The van der Waals surface area contributed by atoms with Crippen LogP contribution in [0, 0.1) is 5.92 Å². The van der Waals surface area contributed by atoms with Gasteiger partial charge in [0.25, 0.3) is 0 Å². The van der Waals surface area contributed by atoms with E-state index < -0.39 is 0 Å². The van der Waals surface area contributed by atoms with E-state index in [1.165, 1.54) is 0 Å². The Morgan fingerprint density at radius 3 is 2.62 bits per heavy atom. The molecular formula is C15H10Br2INO2. The van der Waals surface area contributed by atoms with Crippen LogP contribution in [0.15, 0.2) is 48.5 Å². The van der Waals surface area contributed by atoms with Crippen LogP contribution >= 0.6 is 54.5 Å². The number of halogens is 3. The molecule has 21 heavy (non-hydrogen) atoms. The Kier molecular flexibility index (Phi) is 4.29. The minimum Gasteiger partial charge on any atom is -0.506 e. The number of phenols is 1. The van der Waals surface area contributed by atoms with E-state index in [0.717, 1.165) is 14.7 Å². The van der Waals surface area contributed by atoms with Crippen molar-refractivity contribution < 1.29 is 9.90 Å². The van der Waals surface area contributed by atoms with Crippen LogP contribution in [0.3, 0.4) is 0 Å². The van der Waals surface area contributed by atoms with Crippen molar-refractivity contribution in [3.63, 3.8) is 0 Å². The van der Waals surface area contributed by atoms with E-state index >= 15 is 0 Å². The molecule has 1 aliphatic heterocycles. The number of rotatable bonds is 1. The van der Waals surface area contributed by atoms with Gasteiger partial charge in [0.2, 0.25) is 5.91 Å².